The highest BCUT2D eigenvalue weighted by Gasteiger charge is 2.28. The maximum absolute atomic E-state index is 9.24. The van der Waals surface area contributed by atoms with Gasteiger partial charge in [-0.05, 0) is 11.0 Å². The van der Waals surface area contributed by atoms with E-state index in [1.165, 1.54) is 5.56 Å². The van der Waals surface area contributed by atoms with Crippen LogP contribution in [-0.2, 0) is 6.54 Å². The van der Waals surface area contributed by atoms with E-state index in [9.17, 15) is 5.11 Å². The fraction of sp³-hybridized carbons (Fsp3) is 0.600. The molecule has 0 aromatic heterocycles. The van der Waals surface area contributed by atoms with E-state index in [1.807, 2.05) is 18.2 Å². The largest absolute Gasteiger partial charge is 0.395 e. The summed E-state index contributed by atoms with van der Waals surface area (Å²) >= 11 is 0. The van der Waals surface area contributed by atoms with Crippen molar-refractivity contribution >= 4 is 0 Å². The lowest BCUT2D eigenvalue weighted by atomic mass is 9.85. The minimum Gasteiger partial charge on any atom is -0.395 e. The Hall–Kier alpha value is -0.900. The molecule has 1 aromatic carbocycles. The first-order valence-electron chi connectivity index (χ1n) is 6.58. The fourth-order valence-electron chi connectivity index (χ4n) is 2.34. The first kappa shape index (κ1) is 15.2. The van der Waals surface area contributed by atoms with Gasteiger partial charge in [0.2, 0.25) is 0 Å². The molecule has 102 valence electrons. The van der Waals surface area contributed by atoms with Crippen LogP contribution < -0.4 is 5.73 Å². The SMILES string of the molecule is CC(C)(C)C(CN)N(CCO)Cc1ccccc1. The molecule has 0 bridgehead atoms. The third-order valence-corrected chi connectivity index (χ3v) is 3.28. The maximum Gasteiger partial charge on any atom is 0.0558 e. The summed E-state index contributed by atoms with van der Waals surface area (Å²) in [7, 11) is 0. The minimum absolute atomic E-state index is 0.110. The predicted octanol–water partition coefficient (Wildman–Crippen LogP) is 1.85. The van der Waals surface area contributed by atoms with Crippen molar-refractivity contribution < 1.29 is 5.11 Å². The lowest BCUT2D eigenvalue weighted by Crippen LogP contribution is -2.49. The van der Waals surface area contributed by atoms with Crippen molar-refractivity contribution in [2.45, 2.75) is 33.4 Å². The summed E-state index contributed by atoms with van der Waals surface area (Å²) in [6.07, 6.45) is 0. The number of benzene rings is 1. The first-order valence-corrected chi connectivity index (χ1v) is 6.58. The molecule has 1 atom stereocenters. The summed E-state index contributed by atoms with van der Waals surface area (Å²) in [5, 5.41) is 9.24. The number of nitrogens with zero attached hydrogens (tertiary/aromatic N) is 1. The highest BCUT2D eigenvalue weighted by Crippen LogP contribution is 2.24. The fourth-order valence-corrected chi connectivity index (χ4v) is 2.34. The van der Waals surface area contributed by atoms with E-state index in [2.05, 4.69) is 37.8 Å². The van der Waals surface area contributed by atoms with Gasteiger partial charge in [-0.25, -0.2) is 0 Å². The standard InChI is InChI=1S/C15H26N2O/c1-15(2,3)14(11-16)17(9-10-18)12-13-7-5-4-6-8-13/h4-8,14,18H,9-12,16H2,1-3H3. The summed E-state index contributed by atoms with van der Waals surface area (Å²) in [4.78, 5) is 2.27. The van der Waals surface area contributed by atoms with Gasteiger partial charge in [0, 0.05) is 25.7 Å². The van der Waals surface area contributed by atoms with Gasteiger partial charge in [-0.2, -0.15) is 0 Å². The Morgan fingerprint density at radius 2 is 1.83 bits per heavy atom. The van der Waals surface area contributed by atoms with Crippen LogP contribution in [0.2, 0.25) is 0 Å². The first-order chi connectivity index (χ1) is 8.49. The number of nitrogens with two attached hydrogens (primary N) is 1. The van der Waals surface area contributed by atoms with Gasteiger partial charge >= 0.3 is 0 Å². The van der Waals surface area contributed by atoms with E-state index in [4.69, 9.17) is 5.73 Å². The molecule has 0 spiro atoms. The molecule has 0 amide bonds. The average molecular weight is 250 g/mol. The van der Waals surface area contributed by atoms with Crippen molar-refractivity contribution in [2.75, 3.05) is 19.7 Å². The number of hydrogen-bond donors (Lipinski definition) is 2. The Kier molecular flexibility index (Phi) is 5.79. The van der Waals surface area contributed by atoms with E-state index in [1.54, 1.807) is 0 Å². The molecule has 18 heavy (non-hydrogen) atoms. The second-order valence-electron chi connectivity index (χ2n) is 5.80. The third kappa shape index (κ3) is 4.41. The molecule has 3 nitrogen and oxygen atoms in total. The number of aliphatic hydroxyl groups is 1. The van der Waals surface area contributed by atoms with E-state index in [0.717, 1.165) is 6.54 Å². The number of hydrogen-bond acceptors (Lipinski definition) is 3. The maximum atomic E-state index is 9.24. The van der Waals surface area contributed by atoms with Gasteiger partial charge in [0.15, 0.2) is 0 Å². The van der Waals surface area contributed by atoms with Crippen LogP contribution in [-0.4, -0.2) is 35.7 Å². The highest BCUT2D eigenvalue weighted by molar-refractivity contribution is 5.14. The molecule has 0 aliphatic carbocycles. The van der Waals surface area contributed by atoms with Crippen LogP contribution in [0.5, 0.6) is 0 Å². The van der Waals surface area contributed by atoms with Crippen LogP contribution in [0.25, 0.3) is 0 Å². The van der Waals surface area contributed by atoms with E-state index < -0.39 is 0 Å². The highest BCUT2D eigenvalue weighted by atomic mass is 16.3. The van der Waals surface area contributed by atoms with Gasteiger partial charge in [-0.15, -0.1) is 0 Å². The zero-order chi connectivity index (χ0) is 13.6. The Morgan fingerprint density at radius 1 is 1.22 bits per heavy atom. The molecule has 0 aliphatic rings. The topological polar surface area (TPSA) is 49.5 Å². The van der Waals surface area contributed by atoms with Gasteiger partial charge in [0.1, 0.15) is 0 Å². The van der Waals surface area contributed by atoms with Crippen LogP contribution in [0.3, 0.4) is 0 Å². The lowest BCUT2D eigenvalue weighted by molar-refractivity contribution is 0.0779. The zero-order valence-electron chi connectivity index (χ0n) is 11.8. The van der Waals surface area contributed by atoms with E-state index in [0.29, 0.717) is 13.1 Å². The smallest absolute Gasteiger partial charge is 0.0558 e. The van der Waals surface area contributed by atoms with Crippen molar-refractivity contribution in [3.05, 3.63) is 35.9 Å². The second-order valence-corrected chi connectivity index (χ2v) is 5.80. The molecule has 0 radical (unpaired) electrons. The van der Waals surface area contributed by atoms with Gasteiger partial charge in [-0.1, -0.05) is 51.1 Å². The molecule has 0 saturated carbocycles. The molecular formula is C15H26N2O. The van der Waals surface area contributed by atoms with Gasteiger partial charge in [-0.3, -0.25) is 4.90 Å². The molecule has 1 aromatic rings. The Morgan fingerprint density at radius 3 is 2.28 bits per heavy atom. The molecule has 1 unspecified atom stereocenters. The monoisotopic (exact) mass is 250 g/mol. The molecule has 0 aliphatic heterocycles. The quantitative estimate of drug-likeness (QED) is 0.810. The summed E-state index contributed by atoms with van der Waals surface area (Å²) < 4.78 is 0. The average Bonchev–Trinajstić information content (AvgIpc) is 2.29. The number of aliphatic hydroxyl groups excluding tert-OH is 1. The van der Waals surface area contributed by atoms with E-state index >= 15 is 0 Å². The van der Waals surface area contributed by atoms with Crippen LogP contribution in [0.15, 0.2) is 30.3 Å². The Labute approximate surface area is 111 Å². The molecule has 0 saturated heterocycles. The van der Waals surface area contributed by atoms with Crippen LogP contribution >= 0.6 is 0 Å². The second kappa shape index (κ2) is 6.88. The Balaban J connectivity index is 2.81. The summed E-state index contributed by atoms with van der Waals surface area (Å²) in [5.74, 6) is 0. The predicted molar refractivity (Wildman–Crippen MR) is 76.2 cm³/mol. The van der Waals surface area contributed by atoms with E-state index in [-0.39, 0.29) is 18.1 Å². The van der Waals surface area contributed by atoms with Crippen molar-refractivity contribution in [1.82, 2.24) is 4.90 Å². The van der Waals surface area contributed by atoms with Crippen molar-refractivity contribution in [2.24, 2.45) is 11.1 Å². The normalized spacial score (nSPS) is 13.9. The van der Waals surface area contributed by atoms with Crippen molar-refractivity contribution in [3.63, 3.8) is 0 Å². The van der Waals surface area contributed by atoms with Gasteiger partial charge in [0.05, 0.1) is 6.61 Å². The van der Waals surface area contributed by atoms with Crippen LogP contribution in [0.4, 0.5) is 0 Å². The molecular weight excluding hydrogens is 224 g/mol. The molecule has 0 heterocycles. The Bertz CT molecular complexity index is 332. The van der Waals surface area contributed by atoms with Crippen LogP contribution in [0, 0.1) is 5.41 Å². The molecule has 1 rings (SSSR count). The van der Waals surface area contributed by atoms with Crippen LogP contribution in [0.1, 0.15) is 26.3 Å². The molecule has 0 fully saturated rings. The summed E-state index contributed by atoms with van der Waals surface area (Å²) in [6.45, 7) is 8.85. The third-order valence-electron chi connectivity index (χ3n) is 3.28. The van der Waals surface area contributed by atoms with Crippen molar-refractivity contribution in [1.29, 1.82) is 0 Å². The van der Waals surface area contributed by atoms with Crippen molar-refractivity contribution in [3.8, 4) is 0 Å². The van der Waals surface area contributed by atoms with Gasteiger partial charge < -0.3 is 10.8 Å². The molecule has 3 N–H and O–H groups in total. The minimum atomic E-state index is 0.110. The van der Waals surface area contributed by atoms with Gasteiger partial charge in [0.25, 0.3) is 0 Å². The number of rotatable bonds is 6. The molecule has 3 heteroatoms. The summed E-state index contributed by atoms with van der Waals surface area (Å²) in [5.41, 5.74) is 7.29. The zero-order valence-corrected chi connectivity index (χ0v) is 11.8. The summed E-state index contributed by atoms with van der Waals surface area (Å²) in [6, 6.07) is 10.6. The lowest BCUT2D eigenvalue weighted by Gasteiger charge is -2.39.